The summed E-state index contributed by atoms with van der Waals surface area (Å²) in [6, 6.07) is 12.9. The molecular formula is C22H21Cl2FN5O2PS. The maximum atomic E-state index is 13.8. The van der Waals surface area contributed by atoms with Crippen LogP contribution in [0.1, 0.15) is 12.0 Å². The first kappa shape index (κ1) is 23.4. The predicted molar refractivity (Wildman–Crippen MR) is 138 cm³/mol. The molecule has 34 heavy (non-hydrogen) atoms. The van der Waals surface area contributed by atoms with Crippen molar-refractivity contribution in [3.05, 3.63) is 70.1 Å². The molecule has 5 rings (SSSR count). The number of nitrogens with zero attached hydrogens (tertiary/aromatic N) is 4. The van der Waals surface area contributed by atoms with Gasteiger partial charge in [-0.2, -0.15) is 0 Å². The third-order valence-electron chi connectivity index (χ3n) is 6.09. The quantitative estimate of drug-likeness (QED) is 0.373. The van der Waals surface area contributed by atoms with Crippen molar-refractivity contribution >= 4 is 64.5 Å². The first-order valence-electron chi connectivity index (χ1n) is 10.6. The molecule has 0 radical (unpaired) electrons. The lowest BCUT2D eigenvalue weighted by atomic mass is 10.1. The molecule has 1 unspecified atom stereocenters. The summed E-state index contributed by atoms with van der Waals surface area (Å²) >= 11 is 11.9. The number of benzene rings is 2. The van der Waals surface area contributed by atoms with Crippen LogP contribution in [0.2, 0.25) is 10.2 Å². The Kier molecular flexibility index (Phi) is 6.23. The van der Waals surface area contributed by atoms with Gasteiger partial charge < -0.3 is 14.5 Å². The van der Waals surface area contributed by atoms with Crippen molar-refractivity contribution in [1.82, 2.24) is 10.2 Å². The summed E-state index contributed by atoms with van der Waals surface area (Å²) < 4.78 is 29.9. The SMILES string of the molecule is O=C1[C@@H](N2CCc3c2ccc(F)c3Cl)CCN1c1ccc([SH](=O)(P)Nc2ccc(Cl)nn2)cc1. The van der Waals surface area contributed by atoms with Gasteiger partial charge in [0, 0.05) is 29.4 Å². The van der Waals surface area contributed by atoms with Gasteiger partial charge in [-0.25, -0.2) is 4.39 Å². The maximum Gasteiger partial charge on any atom is 0.249 e. The molecular weight excluding hydrogens is 519 g/mol. The summed E-state index contributed by atoms with van der Waals surface area (Å²) in [5, 5.41) is 8.01. The van der Waals surface area contributed by atoms with Crippen LogP contribution in [-0.2, 0) is 21.0 Å². The molecule has 3 heterocycles. The fourth-order valence-electron chi connectivity index (χ4n) is 4.44. The lowest BCUT2D eigenvalue weighted by Gasteiger charge is -2.26. The molecule has 0 aliphatic carbocycles. The second-order valence-electron chi connectivity index (χ2n) is 8.12. The van der Waals surface area contributed by atoms with Gasteiger partial charge in [0.05, 0.1) is 5.02 Å². The molecule has 2 atom stereocenters. The van der Waals surface area contributed by atoms with Crippen molar-refractivity contribution in [2.45, 2.75) is 23.8 Å². The predicted octanol–water partition coefficient (Wildman–Crippen LogP) is 4.28. The van der Waals surface area contributed by atoms with Crippen LogP contribution in [0.15, 0.2) is 53.4 Å². The molecule has 0 bridgehead atoms. The van der Waals surface area contributed by atoms with E-state index in [1.165, 1.54) is 6.07 Å². The zero-order chi connectivity index (χ0) is 24.0. The summed E-state index contributed by atoms with van der Waals surface area (Å²) in [7, 11) is -0.714. The molecule has 178 valence electrons. The van der Waals surface area contributed by atoms with Crippen LogP contribution in [0.25, 0.3) is 0 Å². The Morgan fingerprint density at radius 2 is 1.82 bits per heavy atom. The third-order valence-corrected chi connectivity index (χ3v) is 9.61. The van der Waals surface area contributed by atoms with Crippen molar-refractivity contribution in [1.29, 1.82) is 0 Å². The van der Waals surface area contributed by atoms with Crippen LogP contribution in [0.4, 0.5) is 21.6 Å². The van der Waals surface area contributed by atoms with Crippen LogP contribution in [0, 0.1) is 5.82 Å². The lowest BCUT2D eigenvalue weighted by molar-refractivity contribution is -0.118. The Hall–Kier alpha value is -2.32. The number of aromatic nitrogens is 2. The van der Waals surface area contributed by atoms with E-state index in [2.05, 4.69) is 23.4 Å². The molecule has 1 N–H and O–H groups in total. The molecule has 2 aromatic carbocycles. The number of hydrogen-bond acceptors (Lipinski definition) is 5. The highest BCUT2D eigenvalue weighted by molar-refractivity contribution is 8.46. The third kappa shape index (κ3) is 4.26. The van der Waals surface area contributed by atoms with Gasteiger partial charge >= 0.3 is 0 Å². The minimum absolute atomic E-state index is 0.0235. The molecule has 3 aromatic rings. The zero-order valence-electron chi connectivity index (χ0n) is 17.8. The normalized spacial score (nSPS) is 18.4. The highest BCUT2D eigenvalue weighted by atomic mass is 35.5. The number of carbonyl (C=O) groups excluding carboxylic acids is 1. The summed E-state index contributed by atoms with van der Waals surface area (Å²) in [6.07, 6.45) is 1.26. The summed E-state index contributed by atoms with van der Waals surface area (Å²) in [6.45, 7) is 1.18. The molecule has 1 saturated heterocycles. The molecule has 7 nitrogen and oxygen atoms in total. The van der Waals surface area contributed by atoms with E-state index in [1.807, 2.05) is 4.90 Å². The lowest BCUT2D eigenvalue weighted by Crippen LogP contribution is -2.41. The van der Waals surface area contributed by atoms with E-state index in [-0.39, 0.29) is 22.1 Å². The van der Waals surface area contributed by atoms with Crippen molar-refractivity contribution < 1.29 is 13.4 Å². The van der Waals surface area contributed by atoms with Gasteiger partial charge in [-0.05, 0) is 85.1 Å². The Bertz CT molecular complexity index is 1310. The number of carbonyl (C=O) groups is 1. The smallest absolute Gasteiger partial charge is 0.249 e. The maximum absolute atomic E-state index is 13.8. The Balaban J connectivity index is 1.31. The van der Waals surface area contributed by atoms with E-state index in [0.717, 1.165) is 16.9 Å². The average Bonchev–Trinajstić information content (AvgIpc) is 3.41. The van der Waals surface area contributed by atoms with Gasteiger partial charge in [0.25, 0.3) is 0 Å². The highest BCUT2D eigenvalue weighted by Gasteiger charge is 2.39. The van der Waals surface area contributed by atoms with Crippen LogP contribution >= 0.6 is 31.6 Å². The molecule has 1 fully saturated rings. The van der Waals surface area contributed by atoms with Gasteiger partial charge in [0.15, 0.2) is 11.0 Å². The second-order valence-corrected chi connectivity index (χ2v) is 13.1. The monoisotopic (exact) mass is 539 g/mol. The van der Waals surface area contributed by atoms with Gasteiger partial charge in [-0.3, -0.25) is 9.00 Å². The molecule has 12 heteroatoms. The van der Waals surface area contributed by atoms with Crippen molar-refractivity contribution in [2.75, 3.05) is 27.6 Å². The number of halogens is 3. The number of rotatable bonds is 5. The molecule has 0 spiro atoms. The Morgan fingerprint density at radius 1 is 1.06 bits per heavy atom. The molecule has 0 saturated carbocycles. The van der Waals surface area contributed by atoms with Crippen molar-refractivity contribution in [3.63, 3.8) is 0 Å². The van der Waals surface area contributed by atoms with E-state index in [1.54, 1.807) is 47.4 Å². The Labute approximate surface area is 209 Å². The van der Waals surface area contributed by atoms with E-state index in [9.17, 15) is 13.4 Å². The van der Waals surface area contributed by atoms with E-state index >= 15 is 0 Å². The fraction of sp³-hybridized carbons (Fsp3) is 0.227. The summed E-state index contributed by atoms with van der Waals surface area (Å²) in [5.74, 6) is -0.120. The van der Waals surface area contributed by atoms with Crippen LogP contribution in [0.3, 0.4) is 0 Å². The van der Waals surface area contributed by atoms with E-state index in [0.29, 0.717) is 36.6 Å². The van der Waals surface area contributed by atoms with Crippen LogP contribution in [0.5, 0.6) is 0 Å². The minimum atomic E-state index is -3.06. The number of amides is 1. The fourth-order valence-corrected chi connectivity index (χ4v) is 6.89. The number of hydrogen-bond donors (Lipinski definition) is 2. The first-order chi connectivity index (χ1) is 16.2. The van der Waals surface area contributed by atoms with Crippen LogP contribution < -0.4 is 14.5 Å². The molecule has 1 amide bonds. The average molecular weight is 540 g/mol. The number of nitrogens with one attached hydrogen (secondary N) is 1. The van der Waals surface area contributed by atoms with Crippen molar-refractivity contribution in [3.8, 4) is 0 Å². The topological polar surface area (TPSA) is 78.4 Å². The van der Waals surface area contributed by atoms with Crippen molar-refractivity contribution in [2.24, 2.45) is 0 Å². The van der Waals surface area contributed by atoms with E-state index in [4.69, 9.17) is 23.2 Å². The largest absolute Gasteiger partial charge is 0.359 e. The molecule has 2 aliphatic heterocycles. The highest BCUT2D eigenvalue weighted by Crippen LogP contribution is 2.39. The van der Waals surface area contributed by atoms with Gasteiger partial charge in [-0.1, -0.05) is 23.2 Å². The standard InChI is InChI=1S/C22H21Cl2FN5O2PS/c23-19-7-8-20(27-26-19)28-34(32,33)14-3-1-13(2-4-14)29-12-10-18(22(29)31)30-11-9-15-17(30)6-5-16(25)21(15)24/h1-8,18,34H,9-12,33H2,(H,27,28,32)/t18-/m0/s1. The number of thiol groups is 1. The van der Waals surface area contributed by atoms with E-state index < -0.39 is 15.6 Å². The van der Waals surface area contributed by atoms with Gasteiger partial charge in [0.1, 0.15) is 11.9 Å². The van der Waals surface area contributed by atoms with Gasteiger partial charge in [-0.15, -0.1) is 10.2 Å². The summed E-state index contributed by atoms with van der Waals surface area (Å²) in [5.41, 5.74) is 2.30. The minimum Gasteiger partial charge on any atom is -0.359 e. The Morgan fingerprint density at radius 3 is 2.53 bits per heavy atom. The summed E-state index contributed by atoms with van der Waals surface area (Å²) in [4.78, 5) is 17.6. The number of fused-ring (bicyclic) bond motifs is 1. The number of anilines is 3. The molecule has 2 aliphatic rings. The first-order valence-corrected chi connectivity index (χ1v) is 14.6. The van der Waals surface area contributed by atoms with Gasteiger partial charge in [0.2, 0.25) is 5.91 Å². The van der Waals surface area contributed by atoms with Crippen LogP contribution in [-0.4, -0.2) is 39.4 Å². The second kappa shape index (κ2) is 9.04. The zero-order valence-corrected chi connectivity index (χ0v) is 21.3. The molecule has 1 aromatic heterocycles.